The minimum Gasteiger partial charge on any atom is -0.508 e. The van der Waals surface area contributed by atoms with Gasteiger partial charge in [-0.3, -0.25) is 0 Å². The topological polar surface area (TPSA) is 20.2 Å². The Morgan fingerprint density at radius 1 is 0.667 bits per heavy atom. The molecule has 0 aromatic heterocycles. The first kappa shape index (κ1) is 14.9. The number of benzene rings is 3. The Labute approximate surface area is 139 Å². The van der Waals surface area contributed by atoms with Crippen molar-refractivity contribution in [2.24, 2.45) is 0 Å². The van der Waals surface area contributed by atoms with Gasteiger partial charge in [0.2, 0.25) is 0 Å². The van der Waals surface area contributed by atoms with E-state index in [9.17, 15) is 5.11 Å². The standard InChI is InChI=1S/C21H16F2O/c22-21(23)19(15-7-3-1-4-8-15)20(21,16-9-5-2-6-10-16)17-11-13-18(24)14-12-17/h1-14,19,24H. The van der Waals surface area contributed by atoms with Gasteiger partial charge in [-0.15, -0.1) is 0 Å². The smallest absolute Gasteiger partial charge is 0.270 e. The summed E-state index contributed by atoms with van der Waals surface area (Å²) < 4.78 is 30.4. The number of hydrogen-bond donors (Lipinski definition) is 1. The van der Waals surface area contributed by atoms with Crippen LogP contribution in [0.5, 0.6) is 5.75 Å². The van der Waals surface area contributed by atoms with Gasteiger partial charge in [0.25, 0.3) is 5.92 Å². The van der Waals surface area contributed by atoms with Gasteiger partial charge in [-0.2, -0.15) is 0 Å². The van der Waals surface area contributed by atoms with Gasteiger partial charge < -0.3 is 5.11 Å². The summed E-state index contributed by atoms with van der Waals surface area (Å²) in [5.41, 5.74) is 0.336. The van der Waals surface area contributed by atoms with Gasteiger partial charge in [0.15, 0.2) is 0 Å². The molecule has 24 heavy (non-hydrogen) atoms. The zero-order valence-corrected chi connectivity index (χ0v) is 12.9. The van der Waals surface area contributed by atoms with Gasteiger partial charge in [0, 0.05) is 0 Å². The summed E-state index contributed by atoms with van der Waals surface area (Å²) in [6, 6.07) is 23.9. The third kappa shape index (κ3) is 1.91. The Morgan fingerprint density at radius 2 is 1.17 bits per heavy atom. The molecule has 3 heteroatoms. The van der Waals surface area contributed by atoms with Crippen LogP contribution in [0.3, 0.4) is 0 Å². The van der Waals surface area contributed by atoms with Crippen molar-refractivity contribution in [1.82, 2.24) is 0 Å². The third-order valence-electron chi connectivity index (χ3n) is 4.92. The lowest BCUT2D eigenvalue weighted by molar-refractivity contribution is 0.0912. The number of aromatic hydroxyl groups is 1. The molecule has 1 aliphatic rings. The van der Waals surface area contributed by atoms with Crippen LogP contribution in [0.1, 0.15) is 22.6 Å². The summed E-state index contributed by atoms with van der Waals surface area (Å²) in [7, 11) is 0. The van der Waals surface area contributed by atoms with Crippen molar-refractivity contribution in [3.8, 4) is 5.75 Å². The number of phenols is 1. The van der Waals surface area contributed by atoms with E-state index in [0.29, 0.717) is 16.7 Å². The molecule has 0 spiro atoms. The second kappa shape index (κ2) is 5.17. The number of phenolic OH excluding ortho intramolecular Hbond substituents is 1. The Balaban J connectivity index is 1.95. The maximum Gasteiger partial charge on any atom is 0.270 e. The lowest BCUT2D eigenvalue weighted by Crippen LogP contribution is -2.18. The molecule has 0 saturated heterocycles. The van der Waals surface area contributed by atoms with Crippen LogP contribution >= 0.6 is 0 Å². The first-order valence-corrected chi connectivity index (χ1v) is 7.86. The monoisotopic (exact) mass is 322 g/mol. The van der Waals surface area contributed by atoms with Gasteiger partial charge in [-0.05, 0) is 28.8 Å². The number of rotatable bonds is 3. The van der Waals surface area contributed by atoms with E-state index in [4.69, 9.17) is 0 Å². The van der Waals surface area contributed by atoms with E-state index >= 15 is 8.78 Å². The molecule has 3 aromatic rings. The lowest BCUT2D eigenvalue weighted by Gasteiger charge is -2.18. The fraction of sp³-hybridized carbons (Fsp3) is 0.143. The Hall–Kier alpha value is -2.68. The highest BCUT2D eigenvalue weighted by Crippen LogP contribution is 2.74. The number of alkyl halides is 2. The molecule has 0 heterocycles. The Kier molecular flexibility index (Phi) is 3.20. The van der Waals surface area contributed by atoms with E-state index in [1.165, 1.54) is 12.1 Å². The van der Waals surface area contributed by atoms with Crippen molar-refractivity contribution in [2.45, 2.75) is 17.3 Å². The average Bonchev–Trinajstić information content (AvgIpc) is 3.14. The molecule has 0 amide bonds. The summed E-state index contributed by atoms with van der Waals surface area (Å²) in [5.74, 6) is -3.74. The SMILES string of the molecule is Oc1ccc(C2(c3ccccc3)C(c3ccccc3)C2(F)F)cc1. The molecule has 0 radical (unpaired) electrons. The van der Waals surface area contributed by atoms with Gasteiger partial charge in [-0.1, -0.05) is 72.8 Å². The van der Waals surface area contributed by atoms with Crippen LogP contribution < -0.4 is 0 Å². The van der Waals surface area contributed by atoms with Crippen LogP contribution in [-0.2, 0) is 5.41 Å². The zero-order valence-electron chi connectivity index (χ0n) is 12.9. The molecule has 1 saturated carbocycles. The van der Waals surface area contributed by atoms with Crippen molar-refractivity contribution in [2.75, 3.05) is 0 Å². The van der Waals surface area contributed by atoms with Crippen molar-refractivity contribution in [3.05, 3.63) is 102 Å². The number of halogens is 2. The average molecular weight is 322 g/mol. The minimum absolute atomic E-state index is 0.0715. The van der Waals surface area contributed by atoms with Gasteiger partial charge in [-0.25, -0.2) is 8.78 Å². The number of hydrogen-bond acceptors (Lipinski definition) is 1. The quantitative estimate of drug-likeness (QED) is 0.710. The summed E-state index contributed by atoms with van der Waals surface area (Å²) in [6.45, 7) is 0. The lowest BCUT2D eigenvalue weighted by atomic mass is 9.84. The highest BCUT2D eigenvalue weighted by molar-refractivity contribution is 5.60. The van der Waals surface area contributed by atoms with Crippen LogP contribution in [0.25, 0.3) is 0 Å². The normalized spacial score (nSPS) is 24.5. The second-order valence-corrected chi connectivity index (χ2v) is 6.19. The third-order valence-corrected chi connectivity index (χ3v) is 4.92. The largest absolute Gasteiger partial charge is 0.508 e. The maximum atomic E-state index is 15.2. The molecule has 3 aromatic carbocycles. The highest BCUT2D eigenvalue weighted by atomic mass is 19.3. The summed E-state index contributed by atoms with van der Waals surface area (Å²) in [6.07, 6.45) is 0. The van der Waals surface area contributed by atoms with E-state index in [1.807, 2.05) is 12.1 Å². The molecular formula is C21H16F2O. The molecule has 1 fully saturated rings. The molecule has 120 valence electrons. The molecule has 1 N–H and O–H groups in total. The van der Waals surface area contributed by atoms with E-state index in [1.54, 1.807) is 60.7 Å². The zero-order chi connectivity index (χ0) is 16.8. The van der Waals surface area contributed by atoms with Gasteiger partial charge in [0.1, 0.15) is 5.75 Å². The molecule has 1 aliphatic carbocycles. The van der Waals surface area contributed by atoms with Crippen molar-refractivity contribution in [3.63, 3.8) is 0 Å². The Morgan fingerprint density at radius 3 is 1.75 bits per heavy atom. The molecule has 2 unspecified atom stereocenters. The van der Waals surface area contributed by atoms with Crippen LogP contribution in [0.15, 0.2) is 84.9 Å². The summed E-state index contributed by atoms with van der Waals surface area (Å²) in [5, 5.41) is 9.54. The van der Waals surface area contributed by atoms with Crippen LogP contribution in [0.2, 0.25) is 0 Å². The minimum atomic E-state index is -2.90. The molecule has 0 aliphatic heterocycles. The van der Waals surface area contributed by atoms with Crippen molar-refractivity contribution >= 4 is 0 Å². The van der Waals surface area contributed by atoms with E-state index in [-0.39, 0.29) is 5.75 Å². The van der Waals surface area contributed by atoms with E-state index in [0.717, 1.165) is 0 Å². The molecule has 1 nitrogen and oxygen atoms in total. The van der Waals surface area contributed by atoms with E-state index < -0.39 is 17.3 Å². The fourth-order valence-electron chi connectivity index (χ4n) is 3.82. The fourth-order valence-corrected chi connectivity index (χ4v) is 3.82. The van der Waals surface area contributed by atoms with Gasteiger partial charge in [0.05, 0.1) is 11.3 Å². The highest BCUT2D eigenvalue weighted by Gasteiger charge is 2.82. The molecule has 4 rings (SSSR count). The Bertz CT molecular complexity index is 844. The maximum absolute atomic E-state index is 15.2. The van der Waals surface area contributed by atoms with Crippen molar-refractivity contribution in [1.29, 1.82) is 0 Å². The van der Waals surface area contributed by atoms with Crippen LogP contribution in [0.4, 0.5) is 8.78 Å². The molecular weight excluding hydrogens is 306 g/mol. The molecule has 0 bridgehead atoms. The summed E-state index contributed by atoms with van der Waals surface area (Å²) >= 11 is 0. The predicted molar refractivity (Wildman–Crippen MR) is 89.5 cm³/mol. The van der Waals surface area contributed by atoms with Crippen LogP contribution in [-0.4, -0.2) is 11.0 Å². The summed E-state index contributed by atoms with van der Waals surface area (Å²) in [4.78, 5) is 0. The first-order chi connectivity index (χ1) is 11.6. The predicted octanol–water partition coefficient (Wildman–Crippen LogP) is 5.11. The first-order valence-electron chi connectivity index (χ1n) is 7.86. The second-order valence-electron chi connectivity index (χ2n) is 6.19. The van der Waals surface area contributed by atoms with Crippen LogP contribution in [0, 0.1) is 0 Å². The van der Waals surface area contributed by atoms with E-state index in [2.05, 4.69) is 0 Å². The van der Waals surface area contributed by atoms with Gasteiger partial charge >= 0.3 is 0 Å². The van der Waals surface area contributed by atoms with Crippen molar-refractivity contribution < 1.29 is 13.9 Å². The molecule has 2 atom stereocenters.